The van der Waals surface area contributed by atoms with E-state index in [1.54, 1.807) is 30.8 Å². The molecule has 0 bridgehead atoms. The molecule has 0 spiro atoms. The Morgan fingerprint density at radius 2 is 1.57 bits per heavy atom. The number of ketones is 1. The monoisotopic (exact) mass is 680 g/mol. The summed E-state index contributed by atoms with van der Waals surface area (Å²) in [7, 11) is 0. The second kappa shape index (κ2) is 13.2. The predicted octanol–water partition coefficient (Wildman–Crippen LogP) is 10.1. The highest BCUT2D eigenvalue weighted by atomic mass is 79.9. The number of aliphatic carboxylic acids is 1. The Balaban J connectivity index is 1.94. The number of hydrogen-bond donors (Lipinski definition) is 1. The van der Waals surface area contributed by atoms with Crippen LogP contribution in [0.25, 0.3) is 0 Å². The van der Waals surface area contributed by atoms with E-state index < -0.39 is 5.97 Å². The number of ether oxygens (including phenoxy) is 1. The molecule has 4 aromatic carbocycles. The van der Waals surface area contributed by atoms with Crippen LogP contribution in [0.2, 0.25) is 0 Å². The number of rotatable bonds is 10. The lowest BCUT2D eigenvalue weighted by atomic mass is 9.90. The SMILES string of the molecule is CC(=O)c1cc(C(Sc2ccccc2)c2cccc(C)c2)c(Oc2c(Br)cc(CC(=O)O)cc2Br)cc1C(C)C. The van der Waals surface area contributed by atoms with E-state index in [1.165, 1.54) is 0 Å². The summed E-state index contributed by atoms with van der Waals surface area (Å²) < 4.78 is 7.93. The van der Waals surface area contributed by atoms with Gasteiger partial charge in [-0.1, -0.05) is 61.9 Å². The number of halogens is 2. The van der Waals surface area contributed by atoms with E-state index in [0.717, 1.165) is 27.1 Å². The quantitative estimate of drug-likeness (QED) is 0.133. The molecule has 4 nitrogen and oxygen atoms in total. The van der Waals surface area contributed by atoms with Gasteiger partial charge in [0.15, 0.2) is 11.5 Å². The van der Waals surface area contributed by atoms with Gasteiger partial charge in [-0.15, -0.1) is 11.8 Å². The first-order chi connectivity index (χ1) is 19.0. The number of Topliss-reactive ketones (excluding diaryl/α,β-unsaturated/α-hetero) is 1. The summed E-state index contributed by atoms with van der Waals surface area (Å²) in [5.41, 5.74) is 5.35. The summed E-state index contributed by atoms with van der Waals surface area (Å²) in [6.07, 6.45) is -0.101. The van der Waals surface area contributed by atoms with Crippen molar-refractivity contribution in [2.75, 3.05) is 0 Å². The summed E-state index contributed by atoms with van der Waals surface area (Å²) in [6.45, 7) is 7.80. The molecule has 4 aromatic rings. The summed E-state index contributed by atoms with van der Waals surface area (Å²) in [6, 6.07) is 26.1. The molecule has 0 saturated carbocycles. The highest BCUT2D eigenvalue weighted by Crippen LogP contribution is 2.48. The number of aryl methyl sites for hydroxylation is 1. The van der Waals surface area contributed by atoms with E-state index in [0.29, 0.717) is 31.6 Å². The van der Waals surface area contributed by atoms with Gasteiger partial charge in [-0.2, -0.15) is 0 Å². The van der Waals surface area contributed by atoms with Crippen molar-refractivity contribution in [2.45, 2.75) is 50.2 Å². The predicted molar refractivity (Wildman–Crippen MR) is 169 cm³/mol. The molecular formula is C33H30Br2O4S. The third-order valence-electron chi connectivity index (χ3n) is 6.43. The first-order valence-electron chi connectivity index (χ1n) is 12.9. The number of carbonyl (C=O) groups is 2. The third-order valence-corrected chi connectivity index (χ3v) is 8.92. The molecule has 0 aromatic heterocycles. The van der Waals surface area contributed by atoms with Crippen LogP contribution in [0.5, 0.6) is 11.5 Å². The van der Waals surface area contributed by atoms with Crippen molar-refractivity contribution in [3.05, 3.63) is 121 Å². The van der Waals surface area contributed by atoms with E-state index in [4.69, 9.17) is 4.74 Å². The zero-order chi connectivity index (χ0) is 29.0. The summed E-state index contributed by atoms with van der Waals surface area (Å²) in [5.74, 6) is 0.364. The lowest BCUT2D eigenvalue weighted by Crippen LogP contribution is -2.08. The Labute approximate surface area is 256 Å². The molecule has 0 fully saturated rings. The minimum absolute atomic E-state index is 0.00425. The number of carboxylic acids is 1. The number of hydrogen-bond acceptors (Lipinski definition) is 4. The fourth-order valence-electron chi connectivity index (χ4n) is 4.56. The lowest BCUT2D eigenvalue weighted by molar-refractivity contribution is -0.136. The van der Waals surface area contributed by atoms with E-state index in [9.17, 15) is 14.7 Å². The molecule has 0 heterocycles. The summed E-state index contributed by atoms with van der Waals surface area (Å²) in [4.78, 5) is 25.3. The molecular weight excluding hydrogens is 652 g/mol. The van der Waals surface area contributed by atoms with Crippen LogP contribution in [0, 0.1) is 6.92 Å². The molecule has 40 heavy (non-hydrogen) atoms. The molecule has 1 unspecified atom stereocenters. The lowest BCUT2D eigenvalue weighted by Gasteiger charge is -2.25. The van der Waals surface area contributed by atoms with Crippen LogP contribution in [0.1, 0.15) is 70.1 Å². The Bertz CT molecular complexity index is 1530. The minimum Gasteiger partial charge on any atom is -0.481 e. The maximum Gasteiger partial charge on any atom is 0.307 e. The molecule has 0 saturated heterocycles. The van der Waals surface area contributed by atoms with Gasteiger partial charge in [0.1, 0.15) is 5.75 Å². The van der Waals surface area contributed by atoms with Crippen LogP contribution >= 0.6 is 43.6 Å². The van der Waals surface area contributed by atoms with Gasteiger partial charge in [0.05, 0.1) is 20.6 Å². The zero-order valence-electron chi connectivity index (χ0n) is 22.7. The van der Waals surface area contributed by atoms with Gasteiger partial charge in [0.25, 0.3) is 0 Å². The standard InChI is InChI=1S/C33H30Br2O4S/c1-19(2)25-18-30(39-32-28(34)14-22(15-29(32)35)16-31(37)38)27(17-26(25)21(4)36)33(23-10-8-9-20(3)13-23)40-24-11-6-5-7-12-24/h5-15,17-19,33H,16H2,1-4H3,(H,37,38). The van der Waals surface area contributed by atoms with Gasteiger partial charge in [0.2, 0.25) is 0 Å². The van der Waals surface area contributed by atoms with Crippen LogP contribution in [0.15, 0.2) is 92.7 Å². The maximum absolute atomic E-state index is 12.9. The first-order valence-corrected chi connectivity index (χ1v) is 15.3. The average molecular weight is 682 g/mol. The Kier molecular flexibility index (Phi) is 9.93. The highest BCUT2D eigenvalue weighted by Gasteiger charge is 2.26. The number of thioether (sulfide) groups is 1. The Hall–Kier alpha value is -2.87. The Morgan fingerprint density at radius 3 is 2.15 bits per heavy atom. The minimum atomic E-state index is -0.907. The topological polar surface area (TPSA) is 63.6 Å². The van der Waals surface area contributed by atoms with Crippen LogP contribution < -0.4 is 4.74 Å². The molecule has 0 radical (unpaired) electrons. The first kappa shape index (κ1) is 30.1. The highest BCUT2D eigenvalue weighted by molar-refractivity contribution is 9.11. The third kappa shape index (κ3) is 7.25. The van der Waals surface area contributed by atoms with Crippen molar-refractivity contribution >= 4 is 55.4 Å². The van der Waals surface area contributed by atoms with Crippen LogP contribution in [0.3, 0.4) is 0 Å². The Morgan fingerprint density at radius 1 is 0.900 bits per heavy atom. The second-order valence-corrected chi connectivity index (χ2v) is 12.9. The fraction of sp³-hybridized carbons (Fsp3) is 0.212. The van der Waals surface area contributed by atoms with Crippen molar-refractivity contribution in [1.29, 1.82) is 0 Å². The number of carboxylic acid groups (broad SMARTS) is 1. The van der Waals surface area contributed by atoms with Gasteiger partial charge in [-0.3, -0.25) is 9.59 Å². The summed E-state index contributed by atoms with van der Waals surface area (Å²) >= 11 is 8.89. The molecule has 206 valence electrons. The average Bonchev–Trinajstić information content (AvgIpc) is 2.89. The van der Waals surface area contributed by atoms with E-state index in [1.807, 2.05) is 36.4 Å². The molecule has 1 atom stereocenters. The number of carbonyl (C=O) groups excluding carboxylic acids is 1. The van der Waals surface area contributed by atoms with Crippen molar-refractivity contribution in [3.63, 3.8) is 0 Å². The van der Waals surface area contributed by atoms with Crippen molar-refractivity contribution in [1.82, 2.24) is 0 Å². The van der Waals surface area contributed by atoms with Crippen molar-refractivity contribution < 1.29 is 19.4 Å². The van der Waals surface area contributed by atoms with Crippen molar-refractivity contribution in [3.8, 4) is 11.5 Å². The fourth-order valence-corrected chi connectivity index (χ4v) is 7.19. The number of benzene rings is 4. The van der Waals surface area contributed by atoms with Gasteiger partial charge in [-0.25, -0.2) is 0 Å². The van der Waals surface area contributed by atoms with Gasteiger partial charge < -0.3 is 9.84 Å². The molecule has 0 aliphatic heterocycles. The van der Waals surface area contributed by atoms with E-state index in [2.05, 4.69) is 83.0 Å². The molecule has 0 aliphatic carbocycles. The van der Waals surface area contributed by atoms with E-state index >= 15 is 0 Å². The summed E-state index contributed by atoms with van der Waals surface area (Å²) in [5, 5.41) is 9.09. The zero-order valence-corrected chi connectivity index (χ0v) is 26.7. The molecule has 4 rings (SSSR count). The van der Waals surface area contributed by atoms with Gasteiger partial charge >= 0.3 is 5.97 Å². The van der Waals surface area contributed by atoms with Crippen LogP contribution in [-0.4, -0.2) is 16.9 Å². The maximum atomic E-state index is 12.9. The van der Waals surface area contributed by atoms with Gasteiger partial charge in [0, 0.05) is 16.0 Å². The van der Waals surface area contributed by atoms with Crippen molar-refractivity contribution in [2.24, 2.45) is 0 Å². The largest absolute Gasteiger partial charge is 0.481 e. The van der Waals surface area contributed by atoms with Crippen LogP contribution in [-0.2, 0) is 11.2 Å². The second-order valence-electron chi connectivity index (χ2n) is 9.97. The molecule has 1 N–H and O–H groups in total. The smallest absolute Gasteiger partial charge is 0.307 e. The van der Waals surface area contributed by atoms with Gasteiger partial charge in [-0.05, 0) is 105 Å². The van der Waals surface area contributed by atoms with Crippen LogP contribution in [0.4, 0.5) is 0 Å². The molecule has 0 amide bonds. The molecule has 0 aliphatic rings. The molecule has 7 heteroatoms. The van der Waals surface area contributed by atoms with E-state index in [-0.39, 0.29) is 23.4 Å². The normalized spacial score (nSPS) is 11.9.